The third-order valence-corrected chi connectivity index (χ3v) is 2.75. The van der Waals surface area contributed by atoms with Crippen LogP contribution in [0.1, 0.15) is 5.56 Å². The summed E-state index contributed by atoms with van der Waals surface area (Å²) < 4.78 is 5.09. The molecule has 0 amide bonds. The molecular formula is C10H6BrClO2. The zero-order chi connectivity index (χ0) is 10.1. The third kappa shape index (κ3) is 1.70. The molecule has 1 aromatic carbocycles. The van der Waals surface area contributed by atoms with Gasteiger partial charge in [-0.3, -0.25) is 0 Å². The van der Waals surface area contributed by atoms with Crippen LogP contribution in [0.25, 0.3) is 11.0 Å². The molecule has 2 rings (SSSR count). The lowest BCUT2D eigenvalue weighted by atomic mass is 10.2. The van der Waals surface area contributed by atoms with E-state index < -0.39 is 0 Å². The van der Waals surface area contributed by atoms with Crippen molar-refractivity contribution in [3.05, 3.63) is 45.3 Å². The molecule has 1 aromatic heterocycles. The van der Waals surface area contributed by atoms with E-state index in [-0.39, 0.29) is 5.63 Å². The molecule has 72 valence electrons. The number of halogens is 2. The Bertz CT molecular complexity index is 533. The summed E-state index contributed by atoms with van der Waals surface area (Å²) in [6, 6.07) is 7.03. The average molecular weight is 274 g/mol. The number of hydrogen-bond donors (Lipinski definition) is 0. The lowest BCUT2D eigenvalue weighted by Crippen LogP contribution is -2.04. The molecule has 0 aliphatic carbocycles. The largest absolute Gasteiger partial charge is 0.422 e. The zero-order valence-electron chi connectivity index (χ0n) is 7.09. The van der Waals surface area contributed by atoms with E-state index in [1.165, 1.54) is 0 Å². The third-order valence-electron chi connectivity index (χ3n) is 1.91. The molecular weight excluding hydrogens is 267 g/mol. The van der Waals surface area contributed by atoms with Gasteiger partial charge in [0.05, 0.1) is 0 Å². The summed E-state index contributed by atoms with van der Waals surface area (Å²) in [5.41, 5.74) is 0.809. The molecule has 0 unspecified atom stereocenters. The summed E-state index contributed by atoms with van der Waals surface area (Å²) in [5.74, 6) is 0. The second-order valence-corrected chi connectivity index (χ2v) is 3.87. The first-order chi connectivity index (χ1) is 6.70. The lowest BCUT2D eigenvalue weighted by Gasteiger charge is -1.98. The van der Waals surface area contributed by atoms with Crippen molar-refractivity contribution >= 4 is 38.5 Å². The highest BCUT2D eigenvalue weighted by atomic mass is 79.9. The molecule has 0 aliphatic heterocycles. The quantitative estimate of drug-likeness (QED) is 0.589. The maximum atomic E-state index is 11.3. The van der Waals surface area contributed by atoms with Gasteiger partial charge in [0.15, 0.2) is 0 Å². The summed E-state index contributed by atoms with van der Waals surface area (Å²) in [5, 5.41) is 1.93. The SMILES string of the molecule is O=c1oc2cc(Cl)ccc2cc1CBr. The fourth-order valence-electron chi connectivity index (χ4n) is 1.22. The minimum absolute atomic E-state index is 0.323. The van der Waals surface area contributed by atoms with E-state index in [9.17, 15) is 4.79 Å². The Hall–Kier alpha value is -0.800. The van der Waals surface area contributed by atoms with Gasteiger partial charge in [-0.1, -0.05) is 27.5 Å². The molecule has 4 heteroatoms. The van der Waals surface area contributed by atoms with Crippen LogP contribution in [0.2, 0.25) is 5.02 Å². The van der Waals surface area contributed by atoms with Gasteiger partial charge < -0.3 is 4.42 Å². The first kappa shape index (κ1) is 9.74. The second-order valence-electron chi connectivity index (χ2n) is 2.87. The van der Waals surface area contributed by atoms with Crippen LogP contribution >= 0.6 is 27.5 Å². The molecule has 0 atom stereocenters. The molecule has 0 aliphatic rings. The number of rotatable bonds is 1. The molecule has 1 heterocycles. The number of fused-ring (bicyclic) bond motifs is 1. The van der Waals surface area contributed by atoms with Crippen LogP contribution in [-0.2, 0) is 5.33 Å². The van der Waals surface area contributed by atoms with Crippen molar-refractivity contribution in [1.82, 2.24) is 0 Å². The van der Waals surface area contributed by atoms with Gasteiger partial charge in [-0.05, 0) is 18.2 Å². The smallest absolute Gasteiger partial charge is 0.340 e. The van der Waals surface area contributed by atoms with Gasteiger partial charge >= 0.3 is 5.63 Å². The summed E-state index contributed by atoms with van der Waals surface area (Å²) in [4.78, 5) is 11.3. The van der Waals surface area contributed by atoms with Crippen LogP contribution in [-0.4, -0.2) is 0 Å². The predicted octanol–water partition coefficient (Wildman–Crippen LogP) is 3.34. The first-order valence-corrected chi connectivity index (χ1v) is 5.49. The topological polar surface area (TPSA) is 30.2 Å². The second kappa shape index (κ2) is 3.75. The minimum atomic E-state index is -0.323. The molecule has 2 aromatic rings. The van der Waals surface area contributed by atoms with E-state index in [0.717, 1.165) is 5.39 Å². The molecule has 0 fully saturated rings. The summed E-state index contributed by atoms with van der Waals surface area (Å²) >= 11 is 9.00. The molecule has 0 radical (unpaired) electrons. The van der Waals surface area contributed by atoms with E-state index >= 15 is 0 Å². The Morgan fingerprint density at radius 3 is 2.86 bits per heavy atom. The van der Waals surface area contributed by atoms with Gasteiger partial charge in [-0.2, -0.15) is 0 Å². The van der Waals surface area contributed by atoms with Crippen molar-refractivity contribution in [2.75, 3.05) is 0 Å². The van der Waals surface area contributed by atoms with Crippen LogP contribution < -0.4 is 5.63 Å². The Kier molecular flexibility index (Phi) is 2.61. The standard InChI is InChI=1S/C10H6BrClO2/c11-5-7-3-6-1-2-8(12)4-9(6)14-10(7)13/h1-4H,5H2. The normalized spacial score (nSPS) is 10.7. The van der Waals surface area contributed by atoms with Gasteiger partial charge in [-0.15, -0.1) is 0 Å². The molecule has 0 spiro atoms. The van der Waals surface area contributed by atoms with Crippen molar-refractivity contribution in [2.24, 2.45) is 0 Å². The average Bonchev–Trinajstić information content (AvgIpc) is 2.16. The highest BCUT2D eigenvalue weighted by Crippen LogP contribution is 2.19. The van der Waals surface area contributed by atoms with Gasteiger partial charge in [0, 0.05) is 27.4 Å². The Morgan fingerprint density at radius 1 is 1.36 bits per heavy atom. The van der Waals surface area contributed by atoms with E-state index in [1.54, 1.807) is 18.2 Å². The van der Waals surface area contributed by atoms with Crippen molar-refractivity contribution in [2.45, 2.75) is 5.33 Å². The van der Waals surface area contributed by atoms with Crippen molar-refractivity contribution in [3.63, 3.8) is 0 Å². The van der Waals surface area contributed by atoms with Crippen LogP contribution in [0.4, 0.5) is 0 Å². The predicted molar refractivity (Wildman–Crippen MR) is 60.1 cm³/mol. The number of benzene rings is 1. The minimum Gasteiger partial charge on any atom is -0.422 e. The molecule has 14 heavy (non-hydrogen) atoms. The highest BCUT2D eigenvalue weighted by molar-refractivity contribution is 9.08. The van der Waals surface area contributed by atoms with Crippen molar-refractivity contribution in [3.8, 4) is 0 Å². The molecule has 0 N–H and O–H groups in total. The van der Waals surface area contributed by atoms with Gasteiger partial charge in [0.25, 0.3) is 0 Å². The Balaban J connectivity index is 2.79. The molecule has 2 nitrogen and oxygen atoms in total. The summed E-state index contributed by atoms with van der Waals surface area (Å²) in [7, 11) is 0. The Morgan fingerprint density at radius 2 is 2.14 bits per heavy atom. The fourth-order valence-corrected chi connectivity index (χ4v) is 1.77. The van der Waals surface area contributed by atoms with E-state index in [1.807, 2.05) is 6.07 Å². The van der Waals surface area contributed by atoms with E-state index in [0.29, 0.717) is 21.5 Å². The molecule has 0 saturated carbocycles. The Labute approximate surface area is 93.6 Å². The van der Waals surface area contributed by atoms with Gasteiger partial charge in [-0.25, -0.2) is 4.79 Å². The lowest BCUT2D eigenvalue weighted by molar-refractivity contribution is 0.554. The highest BCUT2D eigenvalue weighted by Gasteiger charge is 2.03. The fraction of sp³-hybridized carbons (Fsp3) is 0.100. The summed E-state index contributed by atoms with van der Waals surface area (Å²) in [6.45, 7) is 0. The maximum Gasteiger partial charge on any atom is 0.340 e. The van der Waals surface area contributed by atoms with Crippen molar-refractivity contribution < 1.29 is 4.42 Å². The monoisotopic (exact) mass is 272 g/mol. The van der Waals surface area contributed by atoms with Crippen molar-refractivity contribution in [1.29, 1.82) is 0 Å². The maximum absolute atomic E-state index is 11.3. The van der Waals surface area contributed by atoms with E-state index in [2.05, 4.69) is 15.9 Å². The summed E-state index contributed by atoms with van der Waals surface area (Å²) in [6.07, 6.45) is 0. The van der Waals surface area contributed by atoms with Gasteiger partial charge in [0.1, 0.15) is 5.58 Å². The van der Waals surface area contributed by atoms with Crippen LogP contribution in [0.5, 0.6) is 0 Å². The molecule has 0 saturated heterocycles. The number of hydrogen-bond acceptors (Lipinski definition) is 2. The van der Waals surface area contributed by atoms with Gasteiger partial charge in [0.2, 0.25) is 0 Å². The molecule has 0 bridgehead atoms. The van der Waals surface area contributed by atoms with Crippen LogP contribution in [0.15, 0.2) is 33.5 Å². The zero-order valence-corrected chi connectivity index (χ0v) is 9.43. The van der Waals surface area contributed by atoms with Crippen LogP contribution in [0.3, 0.4) is 0 Å². The first-order valence-electron chi connectivity index (χ1n) is 3.99. The van der Waals surface area contributed by atoms with E-state index in [4.69, 9.17) is 16.0 Å². The van der Waals surface area contributed by atoms with Crippen LogP contribution in [0, 0.1) is 0 Å². The number of alkyl halides is 1.